The van der Waals surface area contributed by atoms with E-state index in [1.54, 1.807) is 0 Å². The number of aliphatic carboxylic acids is 1. The van der Waals surface area contributed by atoms with Gasteiger partial charge in [0, 0.05) is 0 Å². The van der Waals surface area contributed by atoms with Crippen molar-refractivity contribution in [2.24, 2.45) is 0 Å². The molecule has 0 radical (unpaired) electrons. The molecule has 0 atom stereocenters. The molecule has 1 saturated heterocycles. The van der Waals surface area contributed by atoms with E-state index in [4.69, 9.17) is 0 Å². The van der Waals surface area contributed by atoms with Crippen LogP contribution in [-0.2, 0) is 30.5 Å². The Bertz CT molecular complexity index is 284. The van der Waals surface area contributed by atoms with Gasteiger partial charge >= 0.3 is 91.2 Å². The molecule has 0 aromatic carbocycles. The minimum atomic E-state index is -3.28. The molecule has 1 heterocycles. The number of rotatable bonds is 1. The average Bonchev–Trinajstić information content (AvgIpc) is 2.31. The summed E-state index contributed by atoms with van der Waals surface area (Å²) in [5.41, 5.74) is 0. The van der Waals surface area contributed by atoms with Crippen molar-refractivity contribution in [2.45, 2.75) is 0 Å². The molecule has 0 aliphatic carbocycles. The molecule has 0 aromatic heterocycles. The summed E-state index contributed by atoms with van der Waals surface area (Å²) >= 11 is -3.28. The van der Waals surface area contributed by atoms with Crippen LogP contribution in [0.2, 0.25) is 0 Å². The Morgan fingerprint density at radius 2 is 1.64 bits per heavy atom. The summed E-state index contributed by atoms with van der Waals surface area (Å²) in [6, 6.07) is 0. The molecule has 0 unspecified atom stereocenters. The number of carboxylic acids is 1. The van der Waals surface area contributed by atoms with Crippen LogP contribution in [0.25, 0.3) is 0 Å². The molecule has 0 N–H and O–H groups in total. The third-order valence-electron chi connectivity index (χ3n) is 0.943. The average molecular weight is 288 g/mol. The van der Waals surface area contributed by atoms with Crippen molar-refractivity contribution in [2.75, 3.05) is 0 Å². The van der Waals surface area contributed by atoms with Crippen molar-refractivity contribution in [1.29, 1.82) is 0 Å². The Kier molecular flexibility index (Phi) is 6.04. The summed E-state index contributed by atoms with van der Waals surface area (Å²) in [6.07, 6.45) is 0. The summed E-state index contributed by atoms with van der Waals surface area (Å²) in [5, 5.41) is 9.81. The second kappa shape index (κ2) is 5.94. The van der Waals surface area contributed by atoms with Gasteiger partial charge in [-0.2, -0.15) is 0 Å². The van der Waals surface area contributed by atoms with Crippen molar-refractivity contribution in [3.05, 3.63) is 0 Å². The van der Waals surface area contributed by atoms with Crippen LogP contribution in [0, 0.1) is 0 Å². The van der Waals surface area contributed by atoms with Crippen molar-refractivity contribution in [3.63, 3.8) is 0 Å². The monoisotopic (exact) mass is 288 g/mol. The van der Waals surface area contributed by atoms with E-state index < -0.39 is 39.0 Å². The first-order valence-corrected chi connectivity index (χ1v) is 4.25. The van der Waals surface area contributed by atoms with Crippen LogP contribution < -0.4 is 63.3 Å². The Morgan fingerprint density at radius 1 is 1.21 bits per heavy atom. The molecule has 14 heavy (non-hydrogen) atoms. The van der Waals surface area contributed by atoms with Crippen LogP contribution in [0.5, 0.6) is 0 Å². The van der Waals surface area contributed by atoms with Gasteiger partial charge in [0.15, 0.2) is 0 Å². The predicted octanol–water partition coefficient (Wildman–Crippen LogP) is -6.63. The van der Waals surface area contributed by atoms with Crippen LogP contribution in [0.1, 0.15) is 0 Å². The van der Waals surface area contributed by atoms with Crippen LogP contribution in [0.15, 0.2) is 0 Å². The minimum Gasteiger partial charge on any atom is -0.546 e. The Balaban J connectivity index is 0.00000169. The molecule has 1 rings (SSSR count). The van der Waals surface area contributed by atoms with Gasteiger partial charge in [0.2, 0.25) is 0 Å². The predicted molar refractivity (Wildman–Crippen MR) is 29.0 cm³/mol. The van der Waals surface area contributed by atoms with Gasteiger partial charge in [-0.3, -0.25) is 0 Å². The van der Waals surface area contributed by atoms with E-state index >= 15 is 0 Å². The van der Waals surface area contributed by atoms with E-state index in [2.05, 4.69) is 11.4 Å². The Hall–Kier alpha value is 0.218. The molecule has 68 valence electrons. The fourth-order valence-corrected chi connectivity index (χ4v) is 1.44. The van der Waals surface area contributed by atoms with E-state index in [-0.39, 0.29) is 58.2 Å². The smallest absolute Gasteiger partial charge is 0.546 e. The van der Waals surface area contributed by atoms with Crippen molar-refractivity contribution < 1.29 is 93.8 Å². The van der Waals surface area contributed by atoms with Gasteiger partial charge in [0.25, 0.3) is 0 Å². The molecule has 0 aromatic rings. The van der Waals surface area contributed by atoms with Gasteiger partial charge in [0.1, 0.15) is 5.97 Å². The molecule has 8 nitrogen and oxygen atoms in total. The van der Waals surface area contributed by atoms with Gasteiger partial charge in [-0.25, -0.2) is 14.4 Å². The maximum absolute atomic E-state index is 10.3. The number of carbonyl (C=O) groups is 4. The first-order valence-electron chi connectivity index (χ1n) is 2.84. The molecule has 0 saturated carbocycles. The van der Waals surface area contributed by atoms with Crippen LogP contribution >= 0.6 is 0 Å². The van der Waals surface area contributed by atoms with E-state index in [1.807, 2.05) is 0 Å². The zero-order valence-corrected chi connectivity index (χ0v) is 12.9. The fraction of sp³-hybridized carbons (Fsp3) is 0. The van der Waals surface area contributed by atoms with E-state index in [0.29, 0.717) is 0 Å². The summed E-state index contributed by atoms with van der Waals surface area (Å²) in [4.78, 5) is 40.7. The van der Waals surface area contributed by atoms with Crippen LogP contribution in [0.4, 0.5) is 0 Å². The molecular formula is C4AlO8Rb. The van der Waals surface area contributed by atoms with Crippen LogP contribution in [-0.4, -0.2) is 39.0 Å². The largest absolute Gasteiger partial charge is 1.20 e. The molecule has 1 aliphatic heterocycles. The Morgan fingerprint density at radius 3 is 2.00 bits per heavy atom. The summed E-state index contributed by atoms with van der Waals surface area (Å²) < 4.78 is 12.1. The van der Waals surface area contributed by atoms with E-state index in [1.165, 1.54) is 0 Å². The number of hydrogen-bond donors (Lipinski definition) is 0. The minimum absolute atomic E-state index is 0. The molecule has 0 bridgehead atoms. The molecule has 0 amide bonds. The van der Waals surface area contributed by atoms with Gasteiger partial charge in [-0.15, -0.1) is 0 Å². The van der Waals surface area contributed by atoms with Gasteiger partial charge in [0.05, 0.1) is 0 Å². The zero-order valence-electron chi connectivity index (χ0n) is 6.84. The second-order valence-corrected chi connectivity index (χ2v) is 3.08. The topological polar surface area (TPSA) is 119 Å². The molecular weight excluding hydrogens is 288 g/mol. The summed E-state index contributed by atoms with van der Waals surface area (Å²) in [7, 11) is 0. The number of carbonyl (C=O) groups excluding carboxylic acids is 4. The molecule has 1 fully saturated rings. The van der Waals surface area contributed by atoms with Gasteiger partial charge < -0.3 is 21.3 Å². The normalized spacial score (nSPS) is 13.9. The SMILES string of the molecule is O=C([O-])C(=O)[O][Al]1[O]C(=O)C(=O)[O]1.[Rb+]. The number of hydrogen-bond acceptors (Lipinski definition) is 8. The van der Waals surface area contributed by atoms with Crippen molar-refractivity contribution in [3.8, 4) is 0 Å². The molecule has 1 aliphatic rings. The first kappa shape index (κ1) is 14.2. The second-order valence-electron chi connectivity index (χ2n) is 1.79. The zero-order chi connectivity index (χ0) is 10.0. The van der Waals surface area contributed by atoms with Crippen LogP contribution in [0.3, 0.4) is 0 Å². The quantitative estimate of drug-likeness (QED) is 0.345. The maximum atomic E-state index is 10.3. The van der Waals surface area contributed by atoms with Gasteiger partial charge in [-0.05, 0) is 0 Å². The molecule has 0 spiro atoms. The van der Waals surface area contributed by atoms with Crippen molar-refractivity contribution >= 4 is 39.0 Å². The molecule has 10 heteroatoms. The number of carboxylic acid groups (broad SMARTS) is 1. The van der Waals surface area contributed by atoms with Gasteiger partial charge in [-0.1, -0.05) is 0 Å². The summed E-state index contributed by atoms with van der Waals surface area (Å²) in [5.74, 6) is -6.45. The van der Waals surface area contributed by atoms with E-state index in [9.17, 15) is 24.3 Å². The Labute approximate surface area is 131 Å². The standard InChI is InChI=1S/2C2H2O4.Al.Rb/c2*3-1(4)2(5)6;;/h2*(H,3,4)(H,5,6);;/q;;+3;+1/p-4. The third-order valence-corrected chi connectivity index (χ3v) is 2.16. The fourth-order valence-electron chi connectivity index (χ4n) is 0.479. The van der Waals surface area contributed by atoms with E-state index in [0.717, 1.165) is 0 Å². The maximum Gasteiger partial charge on any atom is 1.20 e. The summed E-state index contributed by atoms with van der Waals surface area (Å²) in [6.45, 7) is 0. The van der Waals surface area contributed by atoms with Crippen molar-refractivity contribution in [1.82, 2.24) is 0 Å². The first-order chi connectivity index (χ1) is 6.00. The third kappa shape index (κ3) is 3.76.